The molecule has 0 radical (unpaired) electrons. The van der Waals surface area contributed by atoms with Gasteiger partial charge in [0.05, 0.1) is 18.7 Å². The number of benzene rings is 1. The first-order valence-electron chi connectivity index (χ1n) is 7.22. The Morgan fingerprint density at radius 3 is 2.90 bits per heavy atom. The molecule has 0 bridgehead atoms. The average Bonchev–Trinajstić information content (AvgIpc) is 2.76. The van der Waals surface area contributed by atoms with Crippen molar-refractivity contribution in [3.63, 3.8) is 0 Å². The van der Waals surface area contributed by atoms with Crippen molar-refractivity contribution in [1.82, 2.24) is 15.5 Å². The number of amides is 1. The van der Waals surface area contributed by atoms with E-state index >= 15 is 0 Å². The fourth-order valence-corrected chi connectivity index (χ4v) is 3.04. The van der Waals surface area contributed by atoms with Gasteiger partial charge in [0.1, 0.15) is 0 Å². The molecule has 1 saturated heterocycles. The van der Waals surface area contributed by atoms with Gasteiger partial charge in [0.15, 0.2) is 0 Å². The fraction of sp³-hybridized carbons (Fsp3) is 0.533. The van der Waals surface area contributed by atoms with Crippen LogP contribution in [0.25, 0.3) is 0 Å². The predicted molar refractivity (Wildman–Crippen MR) is 76.3 cm³/mol. The van der Waals surface area contributed by atoms with Gasteiger partial charge >= 0.3 is 0 Å². The number of hydrogen-bond acceptors (Lipinski definition) is 4. The number of fused-ring (bicyclic) bond motifs is 1. The Hall–Kier alpha value is -1.43. The van der Waals surface area contributed by atoms with Crippen LogP contribution < -0.4 is 10.6 Å². The van der Waals surface area contributed by atoms with Gasteiger partial charge in [-0.05, 0) is 11.1 Å². The van der Waals surface area contributed by atoms with Gasteiger partial charge < -0.3 is 15.7 Å². The summed E-state index contributed by atoms with van der Waals surface area (Å²) in [6.07, 6.45) is 0.105. The van der Waals surface area contributed by atoms with Gasteiger partial charge in [0.25, 0.3) is 0 Å². The molecule has 1 heterocycles. The minimum Gasteiger partial charge on any atom is -0.390 e. The topological polar surface area (TPSA) is 64.6 Å². The van der Waals surface area contributed by atoms with Crippen LogP contribution in [0.2, 0.25) is 0 Å². The summed E-state index contributed by atoms with van der Waals surface area (Å²) in [4.78, 5) is 14.3. The molecule has 5 heteroatoms. The maximum atomic E-state index is 12.1. The molecule has 0 spiro atoms. The number of nitrogens with one attached hydrogen (secondary N) is 2. The maximum absolute atomic E-state index is 12.1. The summed E-state index contributed by atoms with van der Waals surface area (Å²) in [5.41, 5.74) is 2.18. The molecule has 5 nitrogen and oxygen atoms in total. The number of hydrogen-bond donors (Lipinski definition) is 3. The first-order chi connectivity index (χ1) is 9.74. The van der Waals surface area contributed by atoms with Crippen LogP contribution in [0.5, 0.6) is 0 Å². The summed E-state index contributed by atoms with van der Waals surface area (Å²) in [5.74, 6) is -0.00680. The van der Waals surface area contributed by atoms with E-state index in [1.807, 2.05) is 24.3 Å². The van der Waals surface area contributed by atoms with Crippen LogP contribution in [0.4, 0.5) is 0 Å². The number of carbonyl (C=O) groups is 1. The Bertz CT molecular complexity index is 486. The molecule has 0 saturated carbocycles. The molecule has 1 aromatic carbocycles. The maximum Gasteiger partial charge on any atom is 0.234 e. The smallest absolute Gasteiger partial charge is 0.234 e. The van der Waals surface area contributed by atoms with Crippen molar-refractivity contribution >= 4 is 5.91 Å². The van der Waals surface area contributed by atoms with Crippen LogP contribution in [-0.2, 0) is 11.2 Å². The van der Waals surface area contributed by atoms with Gasteiger partial charge in [-0.3, -0.25) is 9.69 Å². The van der Waals surface area contributed by atoms with Crippen molar-refractivity contribution in [2.24, 2.45) is 0 Å². The van der Waals surface area contributed by atoms with E-state index in [0.717, 1.165) is 37.3 Å². The first-order valence-corrected chi connectivity index (χ1v) is 7.22. The Kier molecular flexibility index (Phi) is 4.00. The highest BCUT2D eigenvalue weighted by Crippen LogP contribution is 2.31. The molecule has 1 amide bonds. The van der Waals surface area contributed by atoms with E-state index in [2.05, 4.69) is 15.5 Å². The van der Waals surface area contributed by atoms with Crippen molar-refractivity contribution in [3.05, 3.63) is 35.4 Å². The van der Waals surface area contributed by atoms with E-state index in [-0.39, 0.29) is 11.9 Å². The molecule has 1 fully saturated rings. The molecule has 0 unspecified atom stereocenters. The van der Waals surface area contributed by atoms with Crippen molar-refractivity contribution < 1.29 is 9.90 Å². The van der Waals surface area contributed by atoms with Gasteiger partial charge in [-0.2, -0.15) is 0 Å². The van der Waals surface area contributed by atoms with Gasteiger partial charge in [0, 0.05) is 32.6 Å². The molecule has 3 rings (SSSR count). The van der Waals surface area contributed by atoms with Crippen molar-refractivity contribution in [2.45, 2.75) is 18.6 Å². The monoisotopic (exact) mass is 275 g/mol. The zero-order valence-electron chi connectivity index (χ0n) is 11.5. The first kappa shape index (κ1) is 13.5. The van der Waals surface area contributed by atoms with Crippen molar-refractivity contribution in [1.29, 1.82) is 0 Å². The number of piperazine rings is 1. The lowest BCUT2D eigenvalue weighted by Gasteiger charge is -2.27. The third kappa shape index (κ3) is 2.85. The number of aliphatic hydroxyl groups is 1. The lowest BCUT2D eigenvalue weighted by atomic mass is 10.1. The largest absolute Gasteiger partial charge is 0.390 e. The van der Waals surface area contributed by atoms with Gasteiger partial charge in [-0.25, -0.2) is 0 Å². The highest BCUT2D eigenvalue weighted by molar-refractivity contribution is 5.78. The van der Waals surface area contributed by atoms with E-state index in [0.29, 0.717) is 13.0 Å². The van der Waals surface area contributed by atoms with Gasteiger partial charge in [-0.1, -0.05) is 24.3 Å². The number of rotatable bonds is 3. The lowest BCUT2D eigenvalue weighted by molar-refractivity contribution is -0.123. The lowest BCUT2D eigenvalue weighted by Crippen LogP contribution is -2.48. The Morgan fingerprint density at radius 2 is 2.10 bits per heavy atom. The van der Waals surface area contributed by atoms with Crippen LogP contribution in [0.1, 0.15) is 17.2 Å². The van der Waals surface area contributed by atoms with Crippen LogP contribution >= 0.6 is 0 Å². The van der Waals surface area contributed by atoms with Crippen LogP contribution in [0, 0.1) is 0 Å². The standard InChI is InChI=1S/C15H21N3O2/c19-13-9-11-3-1-2-4-12(11)15(13)17-14(20)10-18-7-5-16-6-8-18/h1-4,13,15-16,19H,5-10H2,(H,17,20)/t13-,15+/m0/s1. The minimum atomic E-state index is -0.514. The second kappa shape index (κ2) is 5.91. The zero-order valence-corrected chi connectivity index (χ0v) is 11.5. The number of nitrogens with zero attached hydrogens (tertiary/aromatic N) is 1. The molecule has 2 atom stereocenters. The quantitative estimate of drug-likeness (QED) is 0.706. The van der Waals surface area contributed by atoms with E-state index in [1.54, 1.807) is 0 Å². The summed E-state index contributed by atoms with van der Waals surface area (Å²) in [6, 6.07) is 7.66. The van der Waals surface area contributed by atoms with E-state index in [1.165, 1.54) is 0 Å². The highest BCUT2D eigenvalue weighted by atomic mass is 16.3. The van der Waals surface area contributed by atoms with Crippen molar-refractivity contribution in [3.8, 4) is 0 Å². The summed E-state index contributed by atoms with van der Waals surface area (Å²) in [7, 11) is 0. The molecule has 0 aromatic heterocycles. The molecule has 1 aliphatic carbocycles. The summed E-state index contributed by atoms with van der Waals surface area (Å²) < 4.78 is 0. The average molecular weight is 275 g/mol. The number of carbonyl (C=O) groups excluding carboxylic acids is 1. The fourth-order valence-electron chi connectivity index (χ4n) is 3.04. The normalized spacial score (nSPS) is 26.2. The summed E-state index contributed by atoms with van der Waals surface area (Å²) in [5, 5.41) is 16.4. The minimum absolute atomic E-state index is 0.00680. The van der Waals surface area contributed by atoms with Crippen LogP contribution in [-0.4, -0.2) is 54.7 Å². The summed E-state index contributed by atoms with van der Waals surface area (Å²) >= 11 is 0. The van der Waals surface area contributed by atoms with Gasteiger partial charge in [0.2, 0.25) is 5.91 Å². The number of aliphatic hydroxyl groups excluding tert-OH is 1. The van der Waals surface area contributed by atoms with Crippen LogP contribution in [0.15, 0.2) is 24.3 Å². The zero-order chi connectivity index (χ0) is 13.9. The molecule has 3 N–H and O–H groups in total. The van der Waals surface area contributed by atoms with Crippen molar-refractivity contribution in [2.75, 3.05) is 32.7 Å². The van der Waals surface area contributed by atoms with E-state index < -0.39 is 6.10 Å². The Labute approximate surface area is 119 Å². The molecule has 1 aliphatic heterocycles. The second-order valence-electron chi connectivity index (χ2n) is 5.54. The molecule has 20 heavy (non-hydrogen) atoms. The second-order valence-corrected chi connectivity index (χ2v) is 5.54. The molecule has 1 aromatic rings. The Morgan fingerprint density at radius 1 is 1.35 bits per heavy atom. The third-order valence-corrected chi connectivity index (χ3v) is 4.10. The van der Waals surface area contributed by atoms with Crippen LogP contribution in [0.3, 0.4) is 0 Å². The Balaban J connectivity index is 1.61. The SMILES string of the molecule is O=C(CN1CCNCC1)N[C@@H]1c2ccccc2C[C@@H]1O. The van der Waals surface area contributed by atoms with Gasteiger partial charge in [-0.15, -0.1) is 0 Å². The molecule has 108 valence electrons. The molecular weight excluding hydrogens is 254 g/mol. The van der Waals surface area contributed by atoms with E-state index in [9.17, 15) is 9.90 Å². The van der Waals surface area contributed by atoms with E-state index in [4.69, 9.17) is 0 Å². The predicted octanol–water partition coefficient (Wildman–Crippen LogP) is -0.334. The third-order valence-electron chi connectivity index (χ3n) is 4.10. The molecular formula is C15H21N3O2. The highest BCUT2D eigenvalue weighted by Gasteiger charge is 2.32. The molecule has 2 aliphatic rings. The summed E-state index contributed by atoms with van der Waals surface area (Å²) in [6.45, 7) is 4.08.